The quantitative estimate of drug-likeness (QED) is 0.565. The number of ether oxygens (including phenoxy) is 1. The molecule has 0 fully saturated rings. The van der Waals surface area contributed by atoms with E-state index in [0.29, 0.717) is 17.9 Å². The Morgan fingerprint density at radius 1 is 1.57 bits per heavy atom. The summed E-state index contributed by atoms with van der Waals surface area (Å²) in [5.74, 6) is -0.346. The number of hydrogen-bond acceptors (Lipinski definition) is 4. The van der Waals surface area contributed by atoms with Crippen LogP contribution in [0.4, 0.5) is 11.4 Å². The molecule has 0 aliphatic rings. The highest BCUT2D eigenvalue weighted by Gasteiger charge is 2.07. The van der Waals surface area contributed by atoms with E-state index < -0.39 is 0 Å². The molecule has 3 N–H and O–H groups in total. The third kappa shape index (κ3) is 2.16. The fourth-order valence-corrected chi connectivity index (χ4v) is 1.13. The van der Waals surface area contributed by atoms with Gasteiger partial charge in [-0.3, -0.25) is 0 Å². The molecule has 0 spiro atoms. The summed E-state index contributed by atoms with van der Waals surface area (Å²) >= 11 is 0. The summed E-state index contributed by atoms with van der Waals surface area (Å²) in [7, 11) is 1.77. The van der Waals surface area contributed by atoms with Crippen molar-refractivity contribution in [2.45, 2.75) is 6.92 Å². The second kappa shape index (κ2) is 4.50. The van der Waals surface area contributed by atoms with Gasteiger partial charge in [-0.05, 0) is 25.1 Å². The van der Waals surface area contributed by atoms with Gasteiger partial charge in [0, 0.05) is 7.05 Å². The minimum atomic E-state index is -0.346. The number of anilines is 2. The van der Waals surface area contributed by atoms with Gasteiger partial charge in [-0.1, -0.05) is 0 Å². The summed E-state index contributed by atoms with van der Waals surface area (Å²) in [5, 5.41) is 2.92. The van der Waals surface area contributed by atoms with Crippen molar-refractivity contribution in [1.82, 2.24) is 0 Å². The van der Waals surface area contributed by atoms with Crippen molar-refractivity contribution >= 4 is 17.3 Å². The average Bonchev–Trinajstić information content (AvgIpc) is 2.18. The maximum atomic E-state index is 11.3. The van der Waals surface area contributed by atoms with Crippen LogP contribution in [-0.4, -0.2) is 19.6 Å². The second-order valence-corrected chi connectivity index (χ2v) is 2.77. The van der Waals surface area contributed by atoms with Gasteiger partial charge in [0.2, 0.25) is 0 Å². The summed E-state index contributed by atoms with van der Waals surface area (Å²) in [6, 6.07) is 5.03. The summed E-state index contributed by atoms with van der Waals surface area (Å²) in [4.78, 5) is 11.3. The van der Waals surface area contributed by atoms with Gasteiger partial charge >= 0.3 is 5.97 Å². The number of carbonyl (C=O) groups excluding carboxylic acids is 1. The lowest BCUT2D eigenvalue weighted by Crippen LogP contribution is -2.06. The first-order chi connectivity index (χ1) is 6.69. The lowest BCUT2D eigenvalue weighted by atomic mass is 10.2. The fraction of sp³-hybridized carbons (Fsp3) is 0.300. The summed E-state index contributed by atoms with van der Waals surface area (Å²) in [6.07, 6.45) is 0. The van der Waals surface area contributed by atoms with Crippen molar-refractivity contribution in [3.8, 4) is 0 Å². The Labute approximate surface area is 83.1 Å². The molecule has 0 saturated carbocycles. The van der Waals surface area contributed by atoms with Gasteiger partial charge in [-0.25, -0.2) is 4.79 Å². The smallest absolute Gasteiger partial charge is 0.338 e. The second-order valence-electron chi connectivity index (χ2n) is 2.77. The number of carbonyl (C=O) groups is 1. The highest BCUT2D eigenvalue weighted by atomic mass is 16.5. The molecule has 0 bridgehead atoms. The van der Waals surface area contributed by atoms with Crippen LogP contribution in [0.5, 0.6) is 0 Å². The van der Waals surface area contributed by atoms with Gasteiger partial charge in [0.15, 0.2) is 0 Å². The molecule has 0 aliphatic heterocycles. The standard InChI is InChI=1S/C10H14N2O2/c1-3-14-10(13)7-4-5-9(12-2)8(11)6-7/h4-6,12H,3,11H2,1-2H3. The maximum absolute atomic E-state index is 11.3. The number of nitrogen functional groups attached to an aromatic ring is 1. The molecule has 0 unspecified atom stereocenters. The number of rotatable bonds is 3. The highest BCUT2D eigenvalue weighted by Crippen LogP contribution is 2.19. The number of nitrogens with two attached hydrogens (primary N) is 1. The van der Waals surface area contributed by atoms with Crippen molar-refractivity contribution < 1.29 is 9.53 Å². The van der Waals surface area contributed by atoms with E-state index in [0.717, 1.165) is 5.69 Å². The van der Waals surface area contributed by atoms with E-state index in [4.69, 9.17) is 10.5 Å². The first kappa shape index (κ1) is 10.4. The predicted octanol–water partition coefficient (Wildman–Crippen LogP) is 1.49. The molecule has 0 amide bonds. The van der Waals surface area contributed by atoms with Crippen LogP contribution in [0, 0.1) is 0 Å². The van der Waals surface area contributed by atoms with Gasteiger partial charge in [-0.15, -0.1) is 0 Å². The van der Waals surface area contributed by atoms with E-state index in [9.17, 15) is 4.79 Å². The van der Waals surface area contributed by atoms with E-state index in [2.05, 4.69) is 5.32 Å². The molecular formula is C10H14N2O2. The third-order valence-electron chi connectivity index (χ3n) is 1.83. The molecule has 0 aliphatic carbocycles. The molecule has 0 aromatic heterocycles. The number of hydrogen-bond donors (Lipinski definition) is 2. The molecule has 1 aromatic rings. The maximum Gasteiger partial charge on any atom is 0.338 e. The number of nitrogens with one attached hydrogen (secondary N) is 1. The molecular weight excluding hydrogens is 180 g/mol. The van der Waals surface area contributed by atoms with Crippen molar-refractivity contribution in [3.05, 3.63) is 23.8 Å². The highest BCUT2D eigenvalue weighted by molar-refractivity contribution is 5.91. The Morgan fingerprint density at radius 2 is 2.29 bits per heavy atom. The first-order valence-electron chi connectivity index (χ1n) is 4.43. The van der Waals surface area contributed by atoms with Gasteiger partial charge in [0.25, 0.3) is 0 Å². The Morgan fingerprint density at radius 3 is 2.79 bits per heavy atom. The normalized spacial score (nSPS) is 9.57. The largest absolute Gasteiger partial charge is 0.462 e. The Balaban J connectivity index is 2.91. The summed E-state index contributed by atoms with van der Waals surface area (Å²) in [5.41, 5.74) is 7.51. The monoisotopic (exact) mass is 194 g/mol. The molecule has 14 heavy (non-hydrogen) atoms. The Bertz CT molecular complexity index is 337. The molecule has 4 heteroatoms. The molecule has 1 rings (SSSR count). The van der Waals surface area contributed by atoms with E-state index in [-0.39, 0.29) is 5.97 Å². The number of benzene rings is 1. The Kier molecular flexibility index (Phi) is 3.34. The molecule has 0 saturated heterocycles. The van der Waals surface area contributed by atoms with Gasteiger partial charge in [-0.2, -0.15) is 0 Å². The zero-order valence-corrected chi connectivity index (χ0v) is 8.33. The molecule has 1 aromatic carbocycles. The van der Waals surface area contributed by atoms with Crippen LogP contribution in [0.15, 0.2) is 18.2 Å². The predicted molar refractivity (Wildman–Crippen MR) is 56.4 cm³/mol. The van der Waals surface area contributed by atoms with Crippen molar-refractivity contribution in [2.24, 2.45) is 0 Å². The average molecular weight is 194 g/mol. The fourth-order valence-electron chi connectivity index (χ4n) is 1.13. The first-order valence-corrected chi connectivity index (χ1v) is 4.43. The van der Waals surface area contributed by atoms with Gasteiger partial charge in [0.05, 0.1) is 23.5 Å². The third-order valence-corrected chi connectivity index (χ3v) is 1.83. The summed E-state index contributed by atoms with van der Waals surface area (Å²) < 4.78 is 4.84. The van der Waals surface area contributed by atoms with E-state index in [1.165, 1.54) is 0 Å². The van der Waals surface area contributed by atoms with Crippen LogP contribution in [-0.2, 0) is 4.74 Å². The van der Waals surface area contributed by atoms with Gasteiger partial charge in [0.1, 0.15) is 0 Å². The molecule has 0 heterocycles. The van der Waals surface area contributed by atoms with E-state index >= 15 is 0 Å². The zero-order chi connectivity index (χ0) is 10.6. The van der Waals surface area contributed by atoms with Crippen molar-refractivity contribution in [2.75, 3.05) is 24.7 Å². The topological polar surface area (TPSA) is 64.3 Å². The minimum Gasteiger partial charge on any atom is -0.462 e. The lowest BCUT2D eigenvalue weighted by molar-refractivity contribution is 0.0526. The van der Waals surface area contributed by atoms with Crippen LogP contribution < -0.4 is 11.1 Å². The van der Waals surface area contributed by atoms with Crippen molar-refractivity contribution in [1.29, 1.82) is 0 Å². The van der Waals surface area contributed by atoms with E-state index in [1.807, 2.05) is 0 Å². The molecule has 0 radical (unpaired) electrons. The van der Waals surface area contributed by atoms with Crippen LogP contribution in [0.1, 0.15) is 17.3 Å². The minimum absolute atomic E-state index is 0.346. The van der Waals surface area contributed by atoms with Crippen molar-refractivity contribution in [3.63, 3.8) is 0 Å². The van der Waals surface area contributed by atoms with E-state index in [1.54, 1.807) is 32.2 Å². The SMILES string of the molecule is CCOC(=O)c1ccc(NC)c(N)c1. The molecule has 76 valence electrons. The van der Waals surface area contributed by atoms with Crippen LogP contribution >= 0.6 is 0 Å². The van der Waals surface area contributed by atoms with Crippen LogP contribution in [0.2, 0.25) is 0 Å². The van der Waals surface area contributed by atoms with Crippen LogP contribution in [0.3, 0.4) is 0 Å². The molecule has 0 atom stereocenters. The zero-order valence-electron chi connectivity index (χ0n) is 8.33. The Hall–Kier alpha value is -1.71. The number of esters is 1. The lowest BCUT2D eigenvalue weighted by Gasteiger charge is -2.06. The molecule has 4 nitrogen and oxygen atoms in total. The van der Waals surface area contributed by atoms with Crippen LogP contribution in [0.25, 0.3) is 0 Å². The summed E-state index contributed by atoms with van der Waals surface area (Å²) in [6.45, 7) is 2.13. The van der Waals surface area contributed by atoms with Gasteiger partial charge < -0.3 is 15.8 Å².